The van der Waals surface area contributed by atoms with Crippen molar-refractivity contribution in [3.05, 3.63) is 46.4 Å². The molecule has 0 atom stereocenters. The molecule has 0 fully saturated rings. The van der Waals surface area contributed by atoms with E-state index in [0.717, 1.165) is 4.88 Å². The van der Waals surface area contributed by atoms with Gasteiger partial charge in [-0.15, -0.1) is 11.3 Å². The van der Waals surface area contributed by atoms with E-state index in [4.69, 9.17) is 10.5 Å². The molecule has 1 aromatic heterocycles. The summed E-state index contributed by atoms with van der Waals surface area (Å²) in [6, 6.07) is 7.83. The number of anilines is 2. The van der Waals surface area contributed by atoms with E-state index in [2.05, 4.69) is 5.32 Å². The quantitative estimate of drug-likeness (QED) is 0.827. The third-order valence-electron chi connectivity index (χ3n) is 2.32. The van der Waals surface area contributed by atoms with Gasteiger partial charge in [-0.05, 0) is 29.6 Å². The molecule has 100 valence electrons. The first kappa shape index (κ1) is 13.5. The van der Waals surface area contributed by atoms with Crippen LogP contribution in [0.5, 0.6) is 0 Å². The van der Waals surface area contributed by atoms with Gasteiger partial charge in [-0.25, -0.2) is 4.39 Å². The average molecular weight is 280 g/mol. The Morgan fingerprint density at radius 2 is 2.26 bits per heavy atom. The highest BCUT2D eigenvalue weighted by atomic mass is 32.1. The maximum absolute atomic E-state index is 13.4. The van der Waals surface area contributed by atoms with Crippen molar-refractivity contribution in [2.45, 2.75) is 6.61 Å². The predicted molar refractivity (Wildman–Crippen MR) is 73.4 cm³/mol. The van der Waals surface area contributed by atoms with Crippen LogP contribution in [0.4, 0.5) is 15.8 Å². The summed E-state index contributed by atoms with van der Waals surface area (Å²) in [7, 11) is 0. The maximum atomic E-state index is 13.4. The molecule has 1 aromatic carbocycles. The Morgan fingerprint density at radius 3 is 3.00 bits per heavy atom. The van der Waals surface area contributed by atoms with Crippen molar-refractivity contribution in [2.75, 3.05) is 17.7 Å². The predicted octanol–water partition coefficient (Wildman–Crippen LogP) is 2.62. The van der Waals surface area contributed by atoms with Crippen LogP contribution in [0.25, 0.3) is 0 Å². The second kappa shape index (κ2) is 6.31. The van der Waals surface area contributed by atoms with Crippen LogP contribution in [0.2, 0.25) is 0 Å². The highest BCUT2D eigenvalue weighted by Gasteiger charge is 2.07. The van der Waals surface area contributed by atoms with Gasteiger partial charge >= 0.3 is 0 Å². The number of nitrogens with one attached hydrogen (secondary N) is 1. The van der Waals surface area contributed by atoms with Gasteiger partial charge in [-0.2, -0.15) is 0 Å². The van der Waals surface area contributed by atoms with E-state index < -0.39 is 11.7 Å². The monoisotopic (exact) mass is 280 g/mol. The first-order valence-electron chi connectivity index (χ1n) is 5.60. The van der Waals surface area contributed by atoms with Crippen molar-refractivity contribution >= 4 is 28.6 Å². The summed E-state index contributed by atoms with van der Waals surface area (Å²) in [4.78, 5) is 12.6. The molecule has 1 amide bonds. The Kier molecular flexibility index (Phi) is 4.48. The van der Waals surface area contributed by atoms with Gasteiger partial charge in [0.05, 0.1) is 12.3 Å². The van der Waals surface area contributed by atoms with Crippen molar-refractivity contribution < 1.29 is 13.9 Å². The van der Waals surface area contributed by atoms with Crippen LogP contribution in [0.15, 0.2) is 35.7 Å². The van der Waals surface area contributed by atoms with Gasteiger partial charge in [0, 0.05) is 10.6 Å². The lowest BCUT2D eigenvalue weighted by Gasteiger charge is -2.07. The summed E-state index contributed by atoms with van der Waals surface area (Å²) < 4.78 is 18.6. The number of hydrogen-bond donors (Lipinski definition) is 2. The smallest absolute Gasteiger partial charge is 0.250 e. The lowest BCUT2D eigenvalue weighted by Crippen LogP contribution is -2.19. The Morgan fingerprint density at radius 1 is 1.42 bits per heavy atom. The van der Waals surface area contributed by atoms with E-state index in [1.54, 1.807) is 11.3 Å². The van der Waals surface area contributed by atoms with Crippen molar-refractivity contribution in [2.24, 2.45) is 0 Å². The molecule has 0 aliphatic heterocycles. The van der Waals surface area contributed by atoms with Crippen molar-refractivity contribution in [1.82, 2.24) is 0 Å². The SMILES string of the molecule is Nc1ccc(F)c(NC(=O)COCc2cccs2)c1. The van der Waals surface area contributed by atoms with Crippen LogP contribution in [-0.4, -0.2) is 12.5 Å². The molecule has 0 saturated heterocycles. The number of ether oxygens (including phenoxy) is 1. The molecule has 6 heteroatoms. The molecule has 0 spiro atoms. The molecule has 0 unspecified atom stereocenters. The number of nitrogens with two attached hydrogens (primary N) is 1. The van der Waals surface area contributed by atoms with Crippen LogP contribution < -0.4 is 11.1 Å². The van der Waals surface area contributed by atoms with E-state index in [0.29, 0.717) is 12.3 Å². The summed E-state index contributed by atoms with van der Waals surface area (Å²) in [5, 5.41) is 4.35. The maximum Gasteiger partial charge on any atom is 0.250 e. The van der Waals surface area contributed by atoms with Gasteiger partial charge in [0.15, 0.2) is 0 Å². The molecule has 1 heterocycles. The largest absolute Gasteiger partial charge is 0.399 e. The highest BCUT2D eigenvalue weighted by Crippen LogP contribution is 2.17. The molecule has 0 bridgehead atoms. The summed E-state index contributed by atoms with van der Waals surface area (Å²) in [6.45, 7) is 0.233. The number of carbonyl (C=O) groups excluding carboxylic acids is 1. The summed E-state index contributed by atoms with van der Waals surface area (Å²) in [5.41, 5.74) is 5.96. The first-order chi connectivity index (χ1) is 9.15. The number of benzene rings is 1. The van der Waals surface area contributed by atoms with E-state index >= 15 is 0 Å². The minimum atomic E-state index is -0.527. The Hall–Kier alpha value is -1.92. The van der Waals surface area contributed by atoms with E-state index in [1.165, 1.54) is 18.2 Å². The van der Waals surface area contributed by atoms with Gasteiger partial charge in [-0.1, -0.05) is 6.07 Å². The topological polar surface area (TPSA) is 64.3 Å². The van der Waals surface area contributed by atoms with Crippen LogP contribution in [0.3, 0.4) is 0 Å². The fourth-order valence-electron chi connectivity index (χ4n) is 1.46. The lowest BCUT2D eigenvalue weighted by atomic mass is 10.2. The molecule has 2 aromatic rings. The third-order valence-corrected chi connectivity index (χ3v) is 3.17. The zero-order valence-corrected chi connectivity index (χ0v) is 10.9. The molecule has 4 nitrogen and oxygen atoms in total. The van der Waals surface area contributed by atoms with Gasteiger partial charge in [-0.3, -0.25) is 4.79 Å². The number of carbonyl (C=O) groups is 1. The molecular formula is C13H13FN2O2S. The summed E-state index contributed by atoms with van der Waals surface area (Å²) >= 11 is 1.55. The molecule has 2 rings (SSSR count). The molecule has 0 radical (unpaired) electrons. The fraction of sp³-hybridized carbons (Fsp3) is 0.154. The molecule has 0 aliphatic rings. The molecular weight excluding hydrogens is 267 g/mol. The number of halogens is 1. The van der Waals surface area contributed by atoms with E-state index in [1.807, 2.05) is 17.5 Å². The fourth-order valence-corrected chi connectivity index (χ4v) is 2.10. The standard InChI is InChI=1S/C13H13FN2O2S/c14-11-4-3-9(15)6-12(11)16-13(17)8-18-7-10-2-1-5-19-10/h1-6H,7-8,15H2,(H,16,17). The van der Waals surface area contributed by atoms with Crippen molar-refractivity contribution in [3.8, 4) is 0 Å². The number of rotatable bonds is 5. The second-order valence-corrected chi connectivity index (χ2v) is 4.89. The van der Waals surface area contributed by atoms with Gasteiger partial charge < -0.3 is 15.8 Å². The highest BCUT2D eigenvalue weighted by molar-refractivity contribution is 7.09. The molecule has 19 heavy (non-hydrogen) atoms. The number of amides is 1. The van der Waals surface area contributed by atoms with E-state index in [-0.39, 0.29) is 12.3 Å². The van der Waals surface area contributed by atoms with Crippen molar-refractivity contribution in [3.63, 3.8) is 0 Å². The zero-order chi connectivity index (χ0) is 13.7. The zero-order valence-electron chi connectivity index (χ0n) is 10.1. The normalized spacial score (nSPS) is 10.4. The Bertz CT molecular complexity index is 558. The van der Waals surface area contributed by atoms with Crippen LogP contribution >= 0.6 is 11.3 Å². The first-order valence-corrected chi connectivity index (χ1v) is 6.48. The van der Waals surface area contributed by atoms with Crippen LogP contribution in [0.1, 0.15) is 4.88 Å². The van der Waals surface area contributed by atoms with Gasteiger partial charge in [0.1, 0.15) is 12.4 Å². The second-order valence-electron chi connectivity index (χ2n) is 3.86. The van der Waals surface area contributed by atoms with Gasteiger partial charge in [0.25, 0.3) is 0 Å². The number of hydrogen-bond acceptors (Lipinski definition) is 4. The summed E-state index contributed by atoms with van der Waals surface area (Å²) in [5.74, 6) is -0.943. The van der Waals surface area contributed by atoms with Crippen molar-refractivity contribution in [1.29, 1.82) is 0 Å². The van der Waals surface area contributed by atoms with Crippen LogP contribution in [-0.2, 0) is 16.1 Å². The van der Waals surface area contributed by atoms with Gasteiger partial charge in [0.2, 0.25) is 5.91 Å². The summed E-state index contributed by atoms with van der Waals surface area (Å²) in [6.07, 6.45) is 0. The number of thiophene rings is 1. The minimum Gasteiger partial charge on any atom is -0.399 e. The molecule has 0 aliphatic carbocycles. The Labute approximate surface area is 114 Å². The third kappa shape index (κ3) is 4.04. The lowest BCUT2D eigenvalue weighted by molar-refractivity contribution is -0.121. The average Bonchev–Trinajstić information content (AvgIpc) is 2.87. The number of nitrogen functional groups attached to an aromatic ring is 1. The Balaban J connectivity index is 1.82. The molecule has 3 N–H and O–H groups in total. The minimum absolute atomic E-state index is 0.0599. The van der Waals surface area contributed by atoms with E-state index in [9.17, 15) is 9.18 Å². The molecule has 0 saturated carbocycles. The van der Waals surface area contributed by atoms with Crippen LogP contribution in [0, 0.1) is 5.82 Å².